The summed E-state index contributed by atoms with van der Waals surface area (Å²) in [6, 6.07) is 16.0. The van der Waals surface area contributed by atoms with Crippen molar-refractivity contribution in [2.45, 2.75) is 39.8 Å². The first-order chi connectivity index (χ1) is 22.7. The van der Waals surface area contributed by atoms with Crippen LogP contribution in [-0.2, 0) is 22.6 Å². The zero-order chi connectivity index (χ0) is 33.7. The van der Waals surface area contributed by atoms with Gasteiger partial charge in [0.1, 0.15) is 18.4 Å². The van der Waals surface area contributed by atoms with Gasteiger partial charge >= 0.3 is 5.97 Å². The predicted octanol–water partition coefficient (Wildman–Crippen LogP) is 6.93. The topological polar surface area (TPSA) is 88.4 Å². The number of hydrogen-bond donors (Lipinski definition) is 0. The fraction of sp³-hybridized carbons (Fsp3) is 0.250. The van der Waals surface area contributed by atoms with Gasteiger partial charge in [0, 0.05) is 26.2 Å². The first kappa shape index (κ1) is 34.2. The summed E-state index contributed by atoms with van der Waals surface area (Å²) in [5.41, 5.74) is 3.48. The Morgan fingerprint density at radius 3 is 2.57 bits per heavy atom. The Hall–Kier alpha value is -4.12. The smallest absolute Gasteiger partial charge is 0.338 e. The Morgan fingerprint density at radius 2 is 1.87 bits per heavy atom. The lowest BCUT2D eigenvalue weighted by molar-refractivity contribution is -0.139. The van der Waals surface area contributed by atoms with E-state index < -0.39 is 12.0 Å². The number of benzene rings is 3. The molecule has 8 nitrogen and oxygen atoms in total. The molecule has 5 rings (SSSR count). The molecule has 0 amide bonds. The quantitative estimate of drug-likeness (QED) is 0.116. The van der Waals surface area contributed by atoms with Gasteiger partial charge in [0.25, 0.3) is 5.56 Å². The Kier molecular flexibility index (Phi) is 11.1. The molecule has 1 aromatic heterocycles. The van der Waals surface area contributed by atoms with Gasteiger partial charge in [-0.2, -0.15) is 0 Å². The van der Waals surface area contributed by atoms with Crippen molar-refractivity contribution in [1.29, 1.82) is 0 Å². The molecule has 0 unspecified atom stereocenters. The molecule has 1 aliphatic rings. The minimum Gasteiger partial charge on any atom is -0.496 e. The third kappa shape index (κ3) is 7.25. The van der Waals surface area contributed by atoms with Crippen LogP contribution in [0.3, 0.4) is 0 Å². The zero-order valence-corrected chi connectivity index (χ0v) is 29.6. The Bertz CT molecular complexity index is 2050. The minimum atomic E-state index is -0.823. The lowest BCUT2D eigenvalue weighted by Gasteiger charge is -2.26. The lowest BCUT2D eigenvalue weighted by atomic mass is 9.95. The van der Waals surface area contributed by atoms with E-state index in [0.717, 1.165) is 21.2 Å². The molecule has 0 saturated carbocycles. The highest BCUT2D eigenvalue weighted by Crippen LogP contribution is 2.38. The molecule has 0 saturated heterocycles. The summed E-state index contributed by atoms with van der Waals surface area (Å²) in [5, 5.41) is 0.614. The summed E-state index contributed by atoms with van der Waals surface area (Å²) in [4.78, 5) is 32.8. The number of esters is 1. The highest BCUT2D eigenvalue weighted by atomic mass is 79.9. The second-order valence-corrected chi connectivity index (χ2v) is 12.8. The number of methoxy groups -OCH3 is 1. The van der Waals surface area contributed by atoms with E-state index in [0.29, 0.717) is 55.9 Å². The maximum absolute atomic E-state index is 14.3. The van der Waals surface area contributed by atoms with Gasteiger partial charge in [0.15, 0.2) is 16.3 Å². The zero-order valence-electron chi connectivity index (χ0n) is 26.5. The average Bonchev–Trinajstić information content (AvgIpc) is 3.34. The standard InChI is InChI=1S/C36H34BrClN2O6S/c1-6-11-23-16-22(17-29(44-7-2)33(23)46-20-24-12-9-10-13-27(24)38)18-30-34(41)40-32(26-19-25(37)14-15-28(26)43-5)31(35(42)45-8-3)21(4)39-36(40)47-30/h6,9-10,12-19,32H,1,7-8,11,20H2,2-5H3/b30-18-/t32-/m1/s1. The van der Waals surface area contributed by atoms with Crippen LogP contribution in [0, 0.1) is 0 Å². The fourth-order valence-corrected chi connectivity index (χ4v) is 7.04. The molecule has 0 spiro atoms. The summed E-state index contributed by atoms with van der Waals surface area (Å²) in [6.45, 7) is 10.2. The Balaban J connectivity index is 1.66. The summed E-state index contributed by atoms with van der Waals surface area (Å²) >= 11 is 11.2. The highest BCUT2D eigenvalue weighted by Gasteiger charge is 2.35. The van der Waals surface area contributed by atoms with Crippen molar-refractivity contribution in [2.24, 2.45) is 4.99 Å². The fourth-order valence-electron chi connectivity index (χ4n) is 5.42. The van der Waals surface area contributed by atoms with Crippen LogP contribution < -0.4 is 29.1 Å². The number of carbonyl (C=O) groups excluding carboxylic acids is 1. The van der Waals surface area contributed by atoms with Crippen LogP contribution in [0.15, 0.2) is 92.8 Å². The van der Waals surface area contributed by atoms with E-state index in [2.05, 4.69) is 22.5 Å². The van der Waals surface area contributed by atoms with Gasteiger partial charge in [-0.25, -0.2) is 9.79 Å². The van der Waals surface area contributed by atoms with E-state index in [4.69, 9.17) is 35.5 Å². The van der Waals surface area contributed by atoms with Crippen LogP contribution in [0.1, 0.15) is 49.1 Å². The van der Waals surface area contributed by atoms with E-state index in [1.807, 2.05) is 55.5 Å². The average molecular weight is 738 g/mol. The molecule has 0 radical (unpaired) electrons. The first-order valence-electron chi connectivity index (χ1n) is 15.0. The normalized spacial score (nSPS) is 14.3. The maximum atomic E-state index is 14.3. The van der Waals surface area contributed by atoms with Crippen LogP contribution in [0.4, 0.5) is 0 Å². The van der Waals surface area contributed by atoms with Crippen molar-refractivity contribution >= 4 is 50.9 Å². The van der Waals surface area contributed by atoms with E-state index in [9.17, 15) is 9.59 Å². The summed E-state index contributed by atoms with van der Waals surface area (Å²) in [6.07, 6.45) is 4.09. The summed E-state index contributed by atoms with van der Waals surface area (Å²) < 4.78 is 26.2. The van der Waals surface area contributed by atoms with Crippen LogP contribution in [0.25, 0.3) is 6.08 Å². The summed E-state index contributed by atoms with van der Waals surface area (Å²) in [5.74, 6) is 1.10. The van der Waals surface area contributed by atoms with Crippen LogP contribution in [-0.4, -0.2) is 30.9 Å². The molecule has 1 atom stereocenters. The third-order valence-corrected chi connectivity index (χ3v) is 9.29. The van der Waals surface area contributed by atoms with Gasteiger partial charge in [-0.05, 0) is 75.2 Å². The van der Waals surface area contributed by atoms with Crippen molar-refractivity contribution in [2.75, 3.05) is 20.3 Å². The number of halogens is 2. The molecule has 0 N–H and O–H groups in total. The van der Waals surface area contributed by atoms with E-state index in [1.54, 1.807) is 39.2 Å². The molecule has 0 aliphatic carbocycles. The van der Waals surface area contributed by atoms with Crippen molar-refractivity contribution in [3.63, 3.8) is 0 Å². The number of carbonyl (C=O) groups is 1. The monoisotopic (exact) mass is 736 g/mol. The largest absolute Gasteiger partial charge is 0.496 e. The predicted molar refractivity (Wildman–Crippen MR) is 188 cm³/mol. The number of rotatable bonds is 12. The van der Waals surface area contributed by atoms with Crippen LogP contribution in [0.2, 0.25) is 5.02 Å². The Labute approximate surface area is 290 Å². The molecule has 3 aromatic carbocycles. The van der Waals surface area contributed by atoms with E-state index in [-0.39, 0.29) is 24.3 Å². The number of aromatic nitrogens is 1. The van der Waals surface area contributed by atoms with Crippen molar-refractivity contribution < 1.29 is 23.7 Å². The molecule has 0 fully saturated rings. The molecular formula is C36H34BrClN2O6S. The molecule has 4 aromatic rings. The number of hydrogen-bond acceptors (Lipinski definition) is 8. The van der Waals surface area contributed by atoms with Crippen molar-refractivity contribution in [3.8, 4) is 17.2 Å². The third-order valence-electron chi connectivity index (χ3n) is 7.45. The molecule has 0 bridgehead atoms. The highest BCUT2D eigenvalue weighted by molar-refractivity contribution is 9.10. The maximum Gasteiger partial charge on any atom is 0.338 e. The number of ether oxygens (including phenoxy) is 4. The Morgan fingerprint density at radius 1 is 1.09 bits per heavy atom. The molecule has 1 aliphatic heterocycles. The van der Waals surface area contributed by atoms with Crippen LogP contribution >= 0.6 is 38.9 Å². The molecule has 244 valence electrons. The van der Waals surface area contributed by atoms with Crippen molar-refractivity contribution in [1.82, 2.24) is 4.57 Å². The molecule has 2 heterocycles. The number of allylic oxidation sites excluding steroid dienone is 2. The van der Waals surface area contributed by atoms with Crippen molar-refractivity contribution in [3.05, 3.63) is 130 Å². The lowest BCUT2D eigenvalue weighted by Crippen LogP contribution is -2.40. The van der Waals surface area contributed by atoms with Gasteiger partial charge in [-0.15, -0.1) is 6.58 Å². The van der Waals surface area contributed by atoms with Crippen LogP contribution in [0.5, 0.6) is 17.2 Å². The van der Waals surface area contributed by atoms with Gasteiger partial charge in [0.2, 0.25) is 0 Å². The van der Waals surface area contributed by atoms with E-state index in [1.165, 1.54) is 15.9 Å². The second kappa shape index (κ2) is 15.2. The SMILES string of the molecule is C=CCc1cc(/C=c2\sc3n(c2=O)[C@H](c2cc(Br)ccc2OC)C(C(=O)OCC)=C(C)N=3)cc(OCC)c1OCc1ccccc1Cl. The second-order valence-electron chi connectivity index (χ2n) is 10.5. The first-order valence-corrected chi connectivity index (χ1v) is 17.0. The number of fused-ring (bicyclic) bond motifs is 1. The number of thiazole rings is 1. The molecule has 11 heteroatoms. The van der Waals surface area contributed by atoms with Gasteiger partial charge in [-0.1, -0.05) is 63.1 Å². The molecular weight excluding hydrogens is 704 g/mol. The molecule has 47 heavy (non-hydrogen) atoms. The summed E-state index contributed by atoms with van der Waals surface area (Å²) in [7, 11) is 1.55. The van der Waals surface area contributed by atoms with E-state index >= 15 is 0 Å². The van der Waals surface area contributed by atoms with Gasteiger partial charge in [-0.3, -0.25) is 9.36 Å². The van der Waals surface area contributed by atoms with Gasteiger partial charge < -0.3 is 18.9 Å². The minimum absolute atomic E-state index is 0.176. The number of nitrogens with zero attached hydrogens (tertiary/aromatic N) is 2. The van der Waals surface area contributed by atoms with Gasteiger partial charge in [0.05, 0.1) is 36.1 Å².